The zero-order valence-electron chi connectivity index (χ0n) is 13.6. The maximum Gasteiger partial charge on any atom is 0.251 e. The Morgan fingerprint density at radius 1 is 1.20 bits per heavy atom. The van der Waals surface area contributed by atoms with Crippen molar-refractivity contribution in [3.63, 3.8) is 0 Å². The third-order valence-electron chi connectivity index (χ3n) is 4.66. The highest BCUT2D eigenvalue weighted by molar-refractivity contribution is 7.16. The summed E-state index contributed by atoms with van der Waals surface area (Å²) in [5, 5.41) is 5.97. The van der Waals surface area contributed by atoms with Gasteiger partial charge in [0, 0.05) is 34.9 Å². The molecule has 4 rings (SSSR count). The van der Waals surface area contributed by atoms with Crippen LogP contribution in [0.5, 0.6) is 0 Å². The van der Waals surface area contributed by atoms with E-state index in [2.05, 4.69) is 10.6 Å². The van der Waals surface area contributed by atoms with E-state index < -0.39 is 0 Å². The van der Waals surface area contributed by atoms with Gasteiger partial charge in [-0.1, -0.05) is 23.7 Å². The predicted molar refractivity (Wildman–Crippen MR) is 99.0 cm³/mol. The Morgan fingerprint density at radius 2 is 2.04 bits per heavy atom. The zero-order valence-corrected chi connectivity index (χ0v) is 15.2. The molecular formula is C19H19ClN2O2S. The van der Waals surface area contributed by atoms with Crippen molar-refractivity contribution < 1.29 is 9.59 Å². The molecular weight excluding hydrogens is 356 g/mol. The maximum atomic E-state index is 12.3. The van der Waals surface area contributed by atoms with Crippen LogP contribution in [0.25, 0.3) is 0 Å². The van der Waals surface area contributed by atoms with Gasteiger partial charge in [-0.2, -0.15) is 0 Å². The molecule has 2 saturated carbocycles. The fraction of sp³-hybridized carbons (Fsp3) is 0.368. The van der Waals surface area contributed by atoms with Gasteiger partial charge in [-0.25, -0.2) is 0 Å². The molecule has 0 radical (unpaired) electrons. The molecule has 0 saturated heterocycles. The molecule has 0 bridgehead atoms. The lowest BCUT2D eigenvalue weighted by molar-refractivity contribution is -0.122. The topological polar surface area (TPSA) is 58.2 Å². The van der Waals surface area contributed by atoms with Gasteiger partial charge in [0.05, 0.1) is 4.34 Å². The minimum Gasteiger partial charge on any atom is -0.352 e. The van der Waals surface area contributed by atoms with E-state index >= 15 is 0 Å². The summed E-state index contributed by atoms with van der Waals surface area (Å²) < 4.78 is 0.766. The van der Waals surface area contributed by atoms with E-state index in [-0.39, 0.29) is 17.7 Å². The van der Waals surface area contributed by atoms with Crippen molar-refractivity contribution in [1.82, 2.24) is 10.6 Å². The van der Waals surface area contributed by atoms with E-state index in [9.17, 15) is 9.59 Å². The van der Waals surface area contributed by atoms with Crippen LogP contribution in [0.3, 0.4) is 0 Å². The minimum atomic E-state index is -0.0347. The van der Waals surface area contributed by atoms with Crippen LogP contribution >= 0.6 is 22.9 Å². The van der Waals surface area contributed by atoms with Crippen LogP contribution in [0.4, 0.5) is 0 Å². The Morgan fingerprint density at radius 3 is 2.76 bits per heavy atom. The van der Waals surface area contributed by atoms with Crippen LogP contribution in [-0.4, -0.2) is 17.9 Å². The SMILES string of the molecule is O=C(NC1CC1)c1cccc(CNC(=O)[C@@H]2C[C@H]2c2ccc(Cl)s2)c1. The van der Waals surface area contributed by atoms with Gasteiger partial charge in [-0.05, 0) is 49.1 Å². The van der Waals surface area contributed by atoms with Crippen molar-refractivity contribution in [3.8, 4) is 0 Å². The van der Waals surface area contributed by atoms with E-state index in [1.807, 2.05) is 30.3 Å². The Labute approximate surface area is 155 Å². The molecule has 2 aliphatic carbocycles. The van der Waals surface area contributed by atoms with Gasteiger partial charge in [0.1, 0.15) is 0 Å². The first kappa shape index (κ1) is 16.6. The number of carbonyl (C=O) groups is 2. The number of hydrogen-bond acceptors (Lipinski definition) is 3. The number of carbonyl (C=O) groups excluding carboxylic acids is 2. The van der Waals surface area contributed by atoms with Crippen LogP contribution in [0.1, 0.15) is 46.0 Å². The average molecular weight is 375 g/mol. The molecule has 2 aliphatic rings. The molecule has 4 nitrogen and oxygen atoms in total. The molecule has 2 N–H and O–H groups in total. The molecule has 130 valence electrons. The van der Waals surface area contributed by atoms with E-state index in [1.165, 1.54) is 4.88 Å². The second-order valence-corrected chi connectivity index (χ2v) is 8.50. The molecule has 0 spiro atoms. The lowest BCUT2D eigenvalue weighted by atomic mass is 10.1. The number of rotatable bonds is 6. The third kappa shape index (κ3) is 4.05. The van der Waals surface area contributed by atoms with Crippen LogP contribution in [0, 0.1) is 5.92 Å². The fourth-order valence-corrected chi connectivity index (χ4v) is 4.21. The summed E-state index contributed by atoms with van der Waals surface area (Å²) >= 11 is 7.51. The number of thiophene rings is 1. The number of halogens is 1. The minimum absolute atomic E-state index is 0.0347. The largest absolute Gasteiger partial charge is 0.352 e. The molecule has 2 amide bonds. The van der Waals surface area contributed by atoms with Gasteiger partial charge in [0.15, 0.2) is 0 Å². The summed E-state index contributed by atoms with van der Waals surface area (Å²) in [4.78, 5) is 25.6. The Hall–Kier alpha value is -1.85. The van der Waals surface area contributed by atoms with E-state index in [4.69, 9.17) is 11.6 Å². The van der Waals surface area contributed by atoms with Gasteiger partial charge < -0.3 is 10.6 Å². The second kappa shape index (κ2) is 6.81. The highest BCUT2D eigenvalue weighted by atomic mass is 35.5. The van der Waals surface area contributed by atoms with Crippen molar-refractivity contribution in [3.05, 3.63) is 56.7 Å². The summed E-state index contributed by atoms with van der Waals surface area (Å²) in [5.41, 5.74) is 1.59. The van der Waals surface area contributed by atoms with E-state index in [1.54, 1.807) is 17.4 Å². The van der Waals surface area contributed by atoms with Gasteiger partial charge in [-0.15, -0.1) is 11.3 Å². The van der Waals surface area contributed by atoms with Gasteiger partial charge in [0.25, 0.3) is 5.91 Å². The van der Waals surface area contributed by atoms with Crippen molar-refractivity contribution in [2.24, 2.45) is 5.92 Å². The Bertz CT molecular complexity index is 815. The molecule has 6 heteroatoms. The van der Waals surface area contributed by atoms with E-state index in [0.717, 1.165) is 29.2 Å². The Balaban J connectivity index is 1.31. The van der Waals surface area contributed by atoms with Gasteiger partial charge >= 0.3 is 0 Å². The van der Waals surface area contributed by atoms with E-state index in [0.29, 0.717) is 24.1 Å². The normalized spacial score (nSPS) is 21.6. The Kier molecular flexibility index (Phi) is 4.52. The average Bonchev–Trinajstić information content (AvgIpc) is 3.53. The summed E-state index contributed by atoms with van der Waals surface area (Å²) in [6, 6.07) is 11.7. The third-order valence-corrected chi connectivity index (χ3v) is 6.02. The summed E-state index contributed by atoms with van der Waals surface area (Å²) in [5.74, 6) is 0.374. The maximum absolute atomic E-state index is 12.3. The standard InChI is InChI=1S/C19H19ClN2O2S/c20-17-7-6-16(25-17)14-9-15(14)19(24)21-10-11-2-1-3-12(8-11)18(23)22-13-4-5-13/h1-3,6-8,13-15H,4-5,9-10H2,(H,21,24)(H,22,23)/t14-,15-/m1/s1. The highest BCUT2D eigenvalue weighted by Gasteiger charge is 2.44. The lowest BCUT2D eigenvalue weighted by Crippen LogP contribution is -2.26. The van der Waals surface area contributed by atoms with Crippen molar-refractivity contribution in [2.45, 2.75) is 37.8 Å². The van der Waals surface area contributed by atoms with Crippen molar-refractivity contribution in [1.29, 1.82) is 0 Å². The lowest BCUT2D eigenvalue weighted by Gasteiger charge is -2.08. The molecule has 2 aromatic rings. The first-order valence-corrected chi connectivity index (χ1v) is 9.72. The molecule has 2 fully saturated rings. The fourth-order valence-electron chi connectivity index (χ4n) is 2.97. The molecule has 25 heavy (non-hydrogen) atoms. The second-order valence-electron chi connectivity index (χ2n) is 6.76. The molecule has 0 unspecified atom stereocenters. The molecule has 1 aromatic carbocycles. The zero-order chi connectivity index (χ0) is 17.4. The van der Waals surface area contributed by atoms with Crippen molar-refractivity contribution >= 4 is 34.8 Å². The smallest absolute Gasteiger partial charge is 0.251 e. The quantitative estimate of drug-likeness (QED) is 0.809. The summed E-state index contributed by atoms with van der Waals surface area (Å²) in [6.45, 7) is 0.442. The van der Waals surface area contributed by atoms with Crippen LogP contribution < -0.4 is 10.6 Å². The van der Waals surface area contributed by atoms with Gasteiger partial charge in [-0.3, -0.25) is 9.59 Å². The van der Waals surface area contributed by atoms with Crippen LogP contribution in [-0.2, 0) is 11.3 Å². The van der Waals surface area contributed by atoms with Crippen LogP contribution in [0.15, 0.2) is 36.4 Å². The first-order chi connectivity index (χ1) is 12.1. The number of hydrogen-bond donors (Lipinski definition) is 2. The monoisotopic (exact) mass is 374 g/mol. The molecule has 2 atom stereocenters. The summed E-state index contributed by atoms with van der Waals surface area (Å²) in [6.07, 6.45) is 3.02. The molecule has 0 aliphatic heterocycles. The van der Waals surface area contributed by atoms with Crippen LogP contribution in [0.2, 0.25) is 4.34 Å². The highest BCUT2D eigenvalue weighted by Crippen LogP contribution is 2.50. The number of amides is 2. The molecule has 1 aromatic heterocycles. The predicted octanol–water partition coefficient (Wildman–Crippen LogP) is 3.71. The molecule has 1 heterocycles. The summed E-state index contributed by atoms with van der Waals surface area (Å²) in [7, 11) is 0. The first-order valence-electron chi connectivity index (χ1n) is 8.53. The number of benzene rings is 1. The van der Waals surface area contributed by atoms with Gasteiger partial charge in [0.2, 0.25) is 5.91 Å². The van der Waals surface area contributed by atoms with Crippen molar-refractivity contribution in [2.75, 3.05) is 0 Å². The number of nitrogens with one attached hydrogen (secondary N) is 2.